The highest BCUT2D eigenvalue weighted by Crippen LogP contribution is 2.54. The molecule has 4 heteroatoms. The molecular formula is C15H23NO3. The monoisotopic (exact) mass is 265 g/mol. The molecule has 3 saturated carbocycles. The van der Waals surface area contributed by atoms with Gasteiger partial charge in [-0.3, -0.25) is 4.79 Å². The second-order valence-electron chi connectivity index (χ2n) is 6.81. The summed E-state index contributed by atoms with van der Waals surface area (Å²) < 4.78 is 11.4. The maximum atomic E-state index is 12.2. The standard InChI is InChI=1S/C15H23NO3/c17-14(12-8-10-7-11(10)9-12)16-13-1-3-15(4-2-13)18-5-6-19-15/h10-13H,1-9H2,(H,16,17). The fourth-order valence-electron chi connectivity index (χ4n) is 4.24. The van der Waals surface area contributed by atoms with Gasteiger partial charge in [-0.15, -0.1) is 0 Å². The molecule has 1 heterocycles. The molecule has 4 fully saturated rings. The van der Waals surface area contributed by atoms with Crippen LogP contribution in [0.15, 0.2) is 0 Å². The van der Waals surface area contributed by atoms with Crippen molar-refractivity contribution in [2.45, 2.75) is 56.8 Å². The summed E-state index contributed by atoms with van der Waals surface area (Å²) in [5.74, 6) is 2.06. The first-order chi connectivity index (χ1) is 9.24. The van der Waals surface area contributed by atoms with Crippen LogP contribution in [0.25, 0.3) is 0 Å². The predicted molar refractivity (Wildman–Crippen MR) is 69.4 cm³/mol. The number of rotatable bonds is 2. The van der Waals surface area contributed by atoms with Crippen LogP contribution in [0, 0.1) is 17.8 Å². The largest absolute Gasteiger partial charge is 0.353 e. The molecule has 0 aromatic rings. The number of fused-ring (bicyclic) bond motifs is 1. The van der Waals surface area contributed by atoms with Gasteiger partial charge in [-0.2, -0.15) is 0 Å². The molecule has 4 aliphatic rings. The van der Waals surface area contributed by atoms with Gasteiger partial charge in [0.25, 0.3) is 0 Å². The lowest BCUT2D eigenvalue weighted by Crippen LogP contribution is -2.45. The van der Waals surface area contributed by atoms with Crippen LogP contribution in [0.5, 0.6) is 0 Å². The van der Waals surface area contributed by atoms with E-state index in [2.05, 4.69) is 5.32 Å². The summed E-state index contributed by atoms with van der Waals surface area (Å²) in [5.41, 5.74) is 0. The van der Waals surface area contributed by atoms with E-state index in [1.807, 2.05) is 0 Å². The molecule has 4 nitrogen and oxygen atoms in total. The summed E-state index contributed by atoms with van der Waals surface area (Å²) in [7, 11) is 0. The third-order valence-corrected chi connectivity index (χ3v) is 5.52. The third-order valence-electron chi connectivity index (χ3n) is 5.52. The van der Waals surface area contributed by atoms with Gasteiger partial charge in [0.2, 0.25) is 5.91 Å². The number of hydrogen-bond acceptors (Lipinski definition) is 3. The van der Waals surface area contributed by atoms with Crippen LogP contribution in [0.3, 0.4) is 0 Å². The Kier molecular flexibility index (Phi) is 2.85. The molecule has 2 unspecified atom stereocenters. The van der Waals surface area contributed by atoms with Crippen molar-refractivity contribution in [1.29, 1.82) is 0 Å². The van der Waals surface area contributed by atoms with Gasteiger partial charge in [0.1, 0.15) is 0 Å². The number of carbonyl (C=O) groups is 1. The highest BCUT2D eigenvalue weighted by Gasteiger charge is 2.48. The average Bonchev–Trinajstić information content (AvgIpc) is 2.85. The van der Waals surface area contributed by atoms with Crippen molar-refractivity contribution in [1.82, 2.24) is 5.32 Å². The zero-order chi connectivity index (χ0) is 12.9. The fourth-order valence-corrected chi connectivity index (χ4v) is 4.24. The smallest absolute Gasteiger partial charge is 0.223 e. The van der Waals surface area contributed by atoms with Gasteiger partial charge in [0.15, 0.2) is 5.79 Å². The second-order valence-corrected chi connectivity index (χ2v) is 6.81. The van der Waals surface area contributed by atoms with Crippen LogP contribution >= 0.6 is 0 Å². The van der Waals surface area contributed by atoms with Gasteiger partial charge in [-0.05, 0) is 43.9 Å². The van der Waals surface area contributed by atoms with Crippen LogP contribution in [-0.4, -0.2) is 30.9 Å². The van der Waals surface area contributed by atoms with E-state index >= 15 is 0 Å². The highest BCUT2D eigenvalue weighted by molar-refractivity contribution is 5.79. The van der Waals surface area contributed by atoms with Gasteiger partial charge in [-0.1, -0.05) is 0 Å². The van der Waals surface area contributed by atoms with Crippen molar-refractivity contribution in [2.24, 2.45) is 17.8 Å². The first-order valence-electron chi connectivity index (χ1n) is 7.82. The van der Waals surface area contributed by atoms with E-state index in [0.29, 0.717) is 17.9 Å². The third kappa shape index (κ3) is 2.29. The Bertz CT molecular complexity index is 358. The molecule has 19 heavy (non-hydrogen) atoms. The molecule has 0 aromatic heterocycles. The minimum Gasteiger partial charge on any atom is -0.353 e. The number of hydrogen-bond donors (Lipinski definition) is 1. The number of nitrogens with one attached hydrogen (secondary N) is 1. The van der Waals surface area contributed by atoms with Crippen molar-refractivity contribution < 1.29 is 14.3 Å². The molecule has 3 aliphatic carbocycles. The molecule has 0 radical (unpaired) electrons. The fraction of sp³-hybridized carbons (Fsp3) is 0.933. The van der Waals surface area contributed by atoms with Crippen LogP contribution in [-0.2, 0) is 14.3 Å². The molecule has 1 amide bonds. The molecule has 0 bridgehead atoms. The van der Waals surface area contributed by atoms with Crippen LogP contribution in [0.1, 0.15) is 44.9 Å². The molecule has 0 aromatic carbocycles. The van der Waals surface area contributed by atoms with Crippen LogP contribution in [0.2, 0.25) is 0 Å². The normalized spacial score (nSPS) is 40.3. The van der Waals surface area contributed by atoms with Gasteiger partial charge in [-0.25, -0.2) is 0 Å². The SMILES string of the molecule is O=C(NC1CCC2(CC1)OCCO2)C1CC2CC2C1. The lowest BCUT2D eigenvalue weighted by atomic mass is 9.89. The number of ether oxygens (including phenoxy) is 2. The Hall–Kier alpha value is -0.610. The van der Waals surface area contributed by atoms with E-state index in [4.69, 9.17) is 9.47 Å². The molecule has 1 spiro atoms. The molecule has 1 aliphatic heterocycles. The molecule has 4 rings (SSSR count). The summed E-state index contributed by atoms with van der Waals surface area (Å²) in [4.78, 5) is 12.2. The maximum absolute atomic E-state index is 12.2. The number of amides is 1. The van der Waals surface area contributed by atoms with Crippen molar-refractivity contribution in [2.75, 3.05) is 13.2 Å². The maximum Gasteiger partial charge on any atom is 0.223 e. The molecular weight excluding hydrogens is 242 g/mol. The van der Waals surface area contributed by atoms with Crippen molar-refractivity contribution in [3.05, 3.63) is 0 Å². The van der Waals surface area contributed by atoms with E-state index in [1.165, 1.54) is 6.42 Å². The predicted octanol–water partition coefficient (Wildman–Crippen LogP) is 1.83. The van der Waals surface area contributed by atoms with E-state index in [-0.39, 0.29) is 5.79 Å². The first kappa shape index (κ1) is 12.2. The summed E-state index contributed by atoms with van der Waals surface area (Å²) in [6.45, 7) is 1.45. The Morgan fingerprint density at radius 2 is 1.63 bits per heavy atom. The average molecular weight is 265 g/mol. The summed E-state index contributed by atoms with van der Waals surface area (Å²) in [5, 5.41) is 3.26. The summed E-state index contributed by atoms with van der Waals surface area (Å²) in [6, 6.07) is 0.336. The lowest BCUT2D eigenvalue weighted by molar-refractivity contribution is -0.180. The zero-order valence-corrected chi connectivity index (χ0v) is 11.4. The van der Waals surface area contributed by atoms with E-state index < -0.39 is 0 Å². The molecule has 106 valence electrons. The number of carbonyl (C=O) groups excluding carboxylic acids is 1. The Balaban J connectivity index is 1.26. The quantitative estimate of drug-likeness (QED) is 0.828. The summed E-state index contributed by atoms with van der Waals surface area (Å²) >= 11 is 0. The van der Waals surface area contributed by atoms with Crippen molar-refractivity contribution >= 4 is 5.91 Å². The van der Waals surface area contributed by atoms with E-state index in [1.54, 1.807) is 0 Å². The van der Waals surface area contributed by atoms with Gasteiger partial charge in [0.05, 0.1) is 13.2 Å². The molecule has 1 N–H and O–H groups in total. The zero-order valence-electron chi connectivity index (χ0n) is 11.4. The molecule has 1 saturated heterocycles. The van der Waals surface area contributed by atoms with E-state index in [0.717, 1.165) is 63.6 Å². The minimum absolute atomic E-state index is 0.304. The van der Waals surface area contributed by atoms with E-state index in [9.17, 15) is 4.79 Å². The van der Waals surface area contributed by atoms with Crippen LogP contribution in [0.4, 0.5) is 0 Å². The van der Waals surface area contributed by atoms with Crippen molar-refractivity contribution in [3.8, 4) is 0 Å². The second kappa shape index (κ2) is 4.45. The molecule has 2 atom stereocenters. The first-order valence-corrected chi connectivity index (χ1v) is 7.82. The van der Waals surface area contributed by atoms with Crippen LogP contribution < -0.4 is 5.32 Å². The highest BCUT2D eigenvalue weighted by atomic mass is 16.7. The van der Waals surface area contributed by atoms with Gasteiger partial charge < -0.3 is 14.8 Å². The Labute approximate surface area is 114 Å². The van der Waals surface area contributed by atoms with Crippen molar-refractivity contribution in [3.63, 3.8) is 0 Å². The van der Waals surface area contributed by atoms with Gasteiger partial charge >= 0.3 is 0 Å². The minimum atomic E-state index is -0.309. The van der Waals surface area contributed by atoms with Gasteiger partial charge in [0, 0.05) is 24.8 Å². The Morgan fingerprint density at radius 1 is 1.00 bits per heavy atom. The Morgan fingerprint density at radius 3 is 2.26 bits per heavy atom. The topological polar surface area (TPSA) is 47.6 Å². The summed E-state index contributed by atoms with van der Waals surface area (Å²) in [6.07, 6.45) is 7.49. The lowest BCUT2D eigenvalue weighted by Gasteiger charge is -2.36.